The van der Waals surface area contributed by atoms with Crippen LogP contribution in [0, 0.1) is 19.8 Å². The minimum atomic E-state index is -2.71. The van der Waals surface area contributed by atoms with Gasteiger partial charge in [-0.3, -0.25) is 9.48 Å². The van der Waals surface area contributed by atoms with Crippen LogP contribution in [0.25, 0.3) is 11.6 Å². The fourth-order valence-electron chi connectivity index (χ4n) is 5.34. The first-order valence-corrected chi connectivity index (χ1v) is 11.3. The van der Waals surface area contributed by atoms with Gasteiger partial charge in [0.15, 0.2) is 11.5 Å². The second-order valence-electron chi connectivity index (χ2n) is 9.32. The minimum Gasteiger partial charge on any atom is -0.481 e. The molecule has 2 aliphatic carbocycles. The molecule has 9 heteroatoms. The standard InChI is InChI=1S/C24H26F2N4O3/c1-13-4-3-5-14(2)19(13)24(10-11-24)23-27-21(33-29-23)17-12-18(20(25)26)30(28-17)16-8-6-15(7-9-16)22(31)32/h3-5,12,15-16,20H,6-11H2,1-2H3,(H,31,32). The maximum atomic E-state index is 13.8. The van der Waals surface area contributed by atoms with E-state index in [0.29, 0.717) is 31.5 Å². The summed E-state index contributed by atoms with van der Waals surface area (Å²) in [7, 11) is 0. The number of nitrogens with zero attached hydrogens (tertiary/aromatic N) is 4. The lowest BCUT2D eigenvalue weighted by atomic mass is 9.86. The van der Waals surface area contributed by atoms with Crippen LogP contribution in [-0.4, -0.2) is 31.0 Å². The summed E-state index contributed by atoms with van der Waals surface area (Å²) in [6.07, 6.45) is 0.963. The Morgan fingerprint density at radius 3 is 2.42 bits per heavy atom. The molecule has 2 aliphatic rings. The van der Waals surface area contributed by atoms with E-state index in [4.69, 9.17) is 4.52 Å². The second kappa shape index (κ2) is 8.04. The third kappa shape index (κ3) is 3.73. The highest BCUT2D eigenvalue weighted by Gasteiger charge is 2.51. The molecule has 1 aromatic carbocycles. The Kier molecular flexibility index (Phi) is 5.29. The quantitative estimate of drug-likeness (QED) is 0.535. The molecule has 0 atom stereocenters. The summed E-state index contributed by atoms with van der Waals surface area (Å²) in [5.41, 5.74) is 3.24. The summed E-state index contributed by atoms with van der Waals surface area (Å²) >= 11 is 0. The average Bonchev–Trinajstić information content (AvgIpc) is 3.22. The molecule has 0 bridgehead atoms. The van der Waals surface area contributed by atoms with Crippen LogP contribution in [0.15, 0.2) is 28.8 Å². The maximum absolute atomic E-state index is 13.8. The molecular formula is C24H26F2N4O3. The summed E-state index contributed by atoms with van der Waals surface area (Å²) in [6, 6.07) is 7.20. The minimum absolute atomic E-state index is 0.127. The van der Waals surface area contributed by atoms with Gasteiger partial charge in [-0.15, -0.1) is 0 Å². The van der Waals surface area contributed by atoms with Crippen LogP contribution in [0.1, 0.15) is 79.2 Å². The zero-order chi connectivity index (χ0) is 23.3. The fraction of sp³-hybridized carbons (Fsp3) is 0.500. The first-order chi connectivity index (χ1) is 15.8. The highest BCUT2D eigenvalue weighted by Crippen LogP contribution is 2.54. The van der Waals surface area contributed by atoms with Crippen molar-refractivity contribution < 1.29 is 23.2 Å². The van der Waals surface area contributed by atoms with E-state index in [-0.39, 0.29) is 28.7 Å². The number of carboxylic acids is 1. The van der Waals surface area contributed by atoms with Gasteiger partial charge in [-0.25, -0.2) is 8.78 Å². The Bertz CT molecular complexity index is 1170. The fourth-order valence-corrected chi connectivity index (χ4v) is 5.34. The molecule has 3 aromatic rings. The number of carbonyl (C=O) groups is 1. The zero-order valence-corrected chi connectivity index (χ0v) is 18.6. The predicted octanol–water partition coefficient (Wildman–Crippen LogP) is 5.38. The van der Waals surface area contributed by atoms with Crippen molar-refractivity contribution in [1.82, 2.24) is 19.9 Å². The lowest BCUT2D eigenvalue weighted by molar-refractivity contribution is -0.143. The number of carboxylic acid groups (broad SMARTS) is 1. The SMILES string of the molecule is Cc1cccc(C)c1C1(c2noc(-c3cc(C(F)F)n(C4CCC(C(=O)O)CC4)n3)n2)CC1. The molecular weight excluding hydrogens is 430 g/mol. The first-order valence-electron chi connectivity index (χ1n) is 11.3. The lowest BCUT2D eigenvalue weighted by Gasteiger charge is -2.27. The molecule has 2 saturated carbocycles. The maximum Gasteiger partial charge on any atom is 0.306 e. The van der Waals surface area contributed by atoms with Crippen molar-refractivity contribution in [3.05, 3.63) is 52.5 Å². The number of hydrogen-bond donors (Lipinski definition) is 1. The molecule has 174 valence electrons. The molecule has 7 nitrogen and oxygen atoms in total. The van der Waals surface area contributed by atoms with Gasteiger partial charge in [0.2, 0.25) is 0 Å². The number of aromatic nitrogens is 4. The van der Waals surface area contributed by atoms with Crippen molar-refractivity contribution in [2.45, 2.75) is 70.3 Å². The normalized spacial score (nSPS) is 22.0. The van der Waals surface area contributed by atoms with E-state index in [1.807, 2.05) is 6.07 Å². The molecule has 0 unspecified atom stereocenters. The van der Waals surface area contributed by atoms with Crippen molar-refractivity contribution in [3.63, 3.8) is 0 Å². The molecule has 2 fully saturated rings. The van der Waals surface area contributed by atoms with Crippen molar-refractivity contribution >= 4 is 5.97 Å². The summed E-state index contributed by atoms with van der Waals surface area (Å²) in [4.78, 5) is 15.8. The van der Waals surface area contributed by atoms with E-state index in [1.165, 1.54) is 27.4 Å². The average molecular weight is 456 g/mol. The van der Waals surface area contributed by atoms with E-state index >= 15 is 0 Å². The largest absolute Gasteiger partial charge is 0.481 e. The summed E-state index contributed by atoms with van der Waals surface area (Å²) in [6.45, 7) is 4.14. The molecule has 33 heavy (non-hydrogen) atoms. The van der Waals surface area contributed by atoms with Gasteiger partial charge < -0.3 is 9.63 Å². The van der Waals surface area contributed by atoms with Crippen molar-refractivity contribution in [2.75, 3.05) is 0 Å². The van der Waals surface area contributed by atoms with Crippen LogP contribution in [0.4, 0.5) is 8.78 Å². The van der Waals surface area contributed by atoms with Crippen LogP contribution in [0.3, 0.4) is 0 Å². The van der Waals surface area contributed by atoms with E-state index in [9.17, 15) is 18.7 Å². The van der Waals surface area contributed by atoms with E-state index in [2.05, 4.69) is 41.2 Å². The number of rotatable bonds is 6. The third-order valence-corrected chi connectivity index (χ3v) is 7.16. The highest BCUT2D eigenvalue weighted by atomic mass is 19.3. The van der Waals surface area contributed by atoms with Gasteiger partial charge in [0.25, 0.3) is 12.3 Å². The van der Waals surface area contributed by atoms with Gasteiger partial charge >= 0.3 is 5.97 Å². The molecule has 5 rings (SSSR count). The van der Waals surface area contributed by atoms with Crippen LogP contribution < -0.4 is 0 Å². The monoisotopic (exact) mass is 456 g/mol. The Morgan fingerprint density at radius 1 is 1.18 bits per heavy atom. The van der Waals surface area contributed by atoms with Crippen LogP contribution in [-0.2, 0) is 10.2 Å². The molecule has 2 aromatic heterocycles. The van der Waals surface area contributed by atoms with E-state index in [1.54, 1.807) is 0 Å². The van der Waals surface area contributed by atoms with Gasteiger partial charge in [-0.2, -0.15) is 10.1 Å². The molecule has 0 aliphatic heterocycles. The Labute approximate surface area is 189 Å². The lowest BCUT2D eigenvalue weighted by Crippen LogP contribution is -2.24. The molecule has 0 amide bonds. The molecule has 0 saturated heterocycles. The molecule has 2 heterocycles. The second-order valence-corrected chi connectivity index (χ2v) is 9.32. The number of benzene rings is 1. The zero-order valence-electron chi connectivity index (χ0n) is 18.6. The van der Waals surface area contributed by atoms with Gasteiger partial charge in [-0.1, -0.05) is 23.4 Å². The van der Waals surface area contributed by atoms with Gasteiger partial charge in [-0.05, 0) is 75.1 Å². The van der Waals surface area contributed by atoms with Crippen LogP contribution in [0.2, 0.25) is 0 Å². The number of halogens is 2. The highest BCUT2D eigenvalue weighted by molar-refractivity contribution is 5.70. The Morgan fingerprint density at radius 2 is 1.85 bits per heavy atom. The van der Waals surface area contributed by atoms with Gasteiger partial charge in [0.1, 0.15) is 5.69 Å². The third-order valence-electron chi connectivity index (χ3n) is 7.16. The number of aryl methyl sites for hydroxylation is 2. The Hall–Kier alpha value is -3.10. The molecule has 1 N–H and O–H groups in total. The van der Waals surface area contributed by atoms with Crippen molar-refractivity contribution in [1.29, 1.82) is 0 Å². The van der Waals surface area contributed by atoms with E-state index in [0.717, 1.165) is 12.8 Å². The van der Waals surface area contributed by atoms with Gasteiger partial charge in [0.05, 0.1) is 17.4 Å². The van der Waals surface area contributed by atoms with E-state index < -0.39 is 18.3 Å². The van der Waals surface area contributed by atoms with Crippen LogP contribution in [0.5, 0.6) is 0 Å². The topological polar surface area (TPSA) is 94.0 Å². The van der Waals surface area contributed by atoms with Crippen molar-refractivity contribution in [2.24, 2.45) is 5.92 Å². The summed E-state index contributed by atoms with van der Waals surface area (Å²) in [5.74, 6) is -0.572. The van der Waals surface area contributed by atoms with Gasteiger partial charge in [0, 0.05) is 0 Å². The molecule has 0 spiro atoms. The molecule has 0 radical (unpaired) electrons. The Balaban J connectivity index is 1.45. The number of hydrogen-bond acceptors (Lipinski definition) is 5. The smallest absolute Gasteiger partial charge is 0.306 e. The number of alkyl halides is 2. The van der Waals surface area contributed by atoms with Crippen LogP contribution >= 0.6 is 0 Å². The van der Waals surface area contributed by atoms with Crippen molar-refractivity contribution in [3.8, 4) is 11.6 Å². The predicted molar refractivity (Wildman–Crippen MR) is 115 cm³/mol. The first kappa shape index (κ1) is 21.7. The summed E-state index contributed by atoms with van der Waals surface area (Å²) < 4.78 is 34.5. The summed E-state index contributed by atoms with van der Waals surface area (Å²) in [5, 5.41) is 17.8. The number of aliphatic carboxylic acids is 1.